The molecule has 0 N–H and O–H groups in total. The number of ether oxygens (including phenoxy) is 2. The molecule has 1 aliphatic carbocycles. The second-order valence-corrected chi connectivity index (χ2v) is 8.95. The van der Waals surface area contributed by atoms with Gasteiger partial charge in [-0.3, -0.25) is 0 Å². The summed E-state index contributed by atoms with van der Waals surface area (Å²) in [6.45, 7) is 7.60. The average Bonchev–Trinajstić information content (AvgIpc) is 3.12. The summed E-state index contributed by atoms with van der Waals surface area (Å²) in [4.78, 5) is 1.47. The van der Waals surface area contributed by atoms with E-state index in [2.05, 4.69) is 36.9 Å². The van der Waals surface area contributed by atoms with Gasteiger partial charge in [0.2, 0.25) is 0 Å². The van der Waals surface area contributed by atoms with Crippen molar-refractivity contribution in [3.8, 4) is 5.75 Å². The molecule has 2 aliphatic rings. The van der Waals surface area contributed by atoms with E-state index in [0.29, 0.717) is 12.0 Å². The molecule has 26 heavy (non-hydrogen) atoms. The monoisotopic (exact) mass is 370 g/mol. The first-order chi connectivity index (χ1) is 12.8. The SMILES string of the molecule is C=CC1CCC(C2CCC(c3cc4ccc(OCC)cc4s3)CO2)CC1. The van der Waals surface area contributed by atoms with Gasteiger partial charge in [0.25, 0.3) is 0 Å². The zero-order chi connectivity index (χ0) is 17.9. The van der Waals surface area contributed by atoms with Gasteiger partial charge in [0.05, 0.1) is 19.3 Å². The van der Waals surface area contributed by atoms with Crippen LogP contribution in [0.15, 0.2) is 36.9 Å². The number of hydrogen-bond acceptors (Lipinski definition) is 3. The topological polar surface area (TPSA) is 18.5 Å². The van der Waals surface area contributed by atoms with Gasteiger partial charge in [0, 0.05) is 15.5 Å². The lowest BCUT2D eigenvalue weighted by molar-refractivity contribution is -0.0414. The van der Waals surface area contributed by atoms with Crippen LogP contribution in [0.1, 0.15) is 56.2 Å². The molecule has 140 valence electrons. The summed E-state index contributed by atoms with van der Waals surface area (Å²) in [5.41, 5.74) is 0. The van der Waals surface area contributed by atoms with Crippen LogP contribution in [0, 0.1) is 11.8 Å². The molecule has 0 spiro atoms. The van der Waals surface area contributed by atoms with Crippen LogP contribution in [0.3, 0.4) is 0 Å². The zero-order valence-electron chi connectivity index (χ0n) is 15.8. The maximum Gasteiger partial charge on any atom is 0.120 e. The maximum absolute atomic E-state index is 6.37. The smallest absolute Gasteiger partial charge is 0.120 e. The molecule has 1 saturated carbocycles. The molecule has 3 heteroatoms. The third-order valence-corrected chi connectivity index (χ3v) is 7.47. The van der Waals surface area contributed by atoms with Crippen LogP contribution in [-0.2, 0) is 4.74 Å². The Labute approximate surface area is 161 Å². The number of hydrogen-bond donors (Lipinski definition) is 0. The molecule has 1 saturated heterocycles. The summed E-state index contributed by atoms with van der Waals surface area (Å²) in [5, 5.41) is 1.33. The standard InChI is InChI=1S/C23H30O2S/c1-3-16-5-7-17(8-6-16)21-12-10-19(15-25-21)22-13-18-9-11-20(24-4-2)14-23(18)26-22/h3,9,11,13-14,16-17,19,21H,1,4-8,10,12,15H2,2H3. The van der Waals surface area contributed by atoms with E-state index in [4.69, 9.17) is 9.47 Å². The molecule has 4 rings (SSSR count). The molecule has 0 amide bonds. The Kier molecular flexibility index (Phi) is 5.66. The first-order valence-corrected chi connectivity index (χ1v) is 11.0. The van der Waals surface area contributed by atoms with E-state index in [1.807, 2.05) is 18.3 Å². The molecule has 2 heterocycles. The minimum atomic E-state index is 0.482. The lowest BCUT2D eigenvalue weighted by atomic mass is 9.77. The van der Waals surface area contributed by atoms with Gasteiger partial charge >= 0.3 is 0 Å². The van der Waals surface area contributed by atoms with Gasteiger partial charge in [-0.05, 0) is 86.9 Å². The highest BCUT2D eigenvalue weighted by atomic mass is 32.1. The van der Waals surface area contributed by atoms with Crippen molar-refractivity contribution in [2.45, 2.75) is 57.5 Å². The molecule has 2 aromatic rings. The van der Waals surface area contributed by atoms with Crippen LogP contribution in [-0.4, -0.2) is 19.3 Å². The van der Waals surface area contributed by atoms with E-state index >= 15 is 0 Å². The zero-order valence-corrected chi connectivity index (χ0v) is 16.6. The Morgan fingerprint density at radius 3 is 2.69 bits per heavy atom. The third-order valence-electron chi connectivity index (χ3n) is 6.21. The molecule has 1 aromatic carbocycles. The summed E-state index contributed by atoms with van der Waals surface area (Å²) in [7, 11) is 0. The number of rotatable bonds is 5. The number of fused-ring (bicyclic) bond motifs is 1. The van der Waals surface area contributed by atoms with Crippen molar-refractivity contribution < 1.29 is 9.47 Å². The minimum Gasteiger partial charge on any atom is -0.494 e. The fraction of sp³-hybridized carbons (Fsp3) is 0.565. The first kappa shape index (κ1) is 18.1. The summed E-state index contributed by atoms with van der Waals surface area (Å²) < 4.78 is 13.3. The molecule has 2 unspecified atom stereocenters. The molecule has 2 nitrogen and oxygen atoms in total. The van der Waals surface area contributed by atoms with Gasteiger partial charge in [-0.1, -0.05) is 6.08 Å². The van der Waals surface area contributed by atoms with Crippen LogP contribution in [0.5, 0.6) is 5.75 Å². The van der Waals surface area contributed by atoms with Crippen LogP contribution in [0.2, 0.25) is 0 Å². The summed E-state index contributed by atoms with van der Waals surface area (Å²) in [5.74, 6) is 3.04. The highest BCUT2D eigenvalue weighted by Gasteiger charge is 2.32. The largest absolute Gasteiger partial charge is 0.494 e. The van der Waals surface area contributed by atoms with E-state index in [-0.39, 0.29) is 0 Å². The van der Waals surface area contributed by atoms with Crippen molar-refractivity contribution in [1.29, 1.82) is 0 Å². The minimum absolute atomic E-state index is 0.482. The quantitative estimate of drug-likeness (QED) is 0.555. The van der Waals surface area contributed by atoms with E-state index in [1.165, 1.54) is 53.5 Å². The van der Waals surface area contributed by atoms with Crippen molar-refractivity contribution in [3.63, 3.8) is 0 Å². The number of benzene rings is 1. The van der Waals surface area contributed by atoms with Crippen molar-refractivity contribution in [2.24, 2.45) is 11.8 Å². The molecule has 1 aliphatic heterocycles. The summed E-state index contributed by atoms with van der Waals surface area (Å²) in [6, 6.07) is 8.80. The van der Waals surface area contributed by atoms with Gasteiger partial charge < -0.3 is 9.47 Å². The molecule has 1 aromatic heterocycles. The van der Waals surface area contributed by atoms with Crippen molar-refractivity contribution in [3.05, 3.63) is 41.8 Å². The van der Waals surface area contributed by atoms with E-state index in [9.17, 15) is 0 Å². The lowest BCUT2D eigenvalue weighted by Crippen LogP contribution is -2.33. The Morgan fingerprint density at radius 2 is 2.00 bits per heavy atom. The van der Waals surface area contributed by atoms with E-state index < -0.39 is 0 Å². The highest BCUT2D eigenvalue weighted by molar-refractivity contribution is 7.19. The Hall–Kier alpha value is -1.32. The maximum atomic E-state index is 6.37. The average molecular weight is 371 g/mol. The number of thiophene rings is 1. The van der Waals surface area contributed by atoms with Crippen LogP contribution >= 0.6 is 11.3 Å². The van der Waals surface area contributed by atoms with Gasteiger partial charge in [0.1, 0.15) is 5.75 Å². The van der Waals surface area contributed by atoms with Crippen molar-refractivity contribution in [2.75, 3.05) is 13.2 Å². The van der Waals surface area contributed by atoms with Crippen LogP contribution in [0.4, 0.5) is 0 Å². The molecule has 0 radical (unpaired) electrons. The molecule has 2 atom stereocenters. The summed E-state index contributed by atoms with van der Waals surface area (Å²) in [6.07, 6.45) is 10.3. The van der Waals surface area contributed by atoms with Crippen molar-refractivity contribution in [1.82, 2.24) is 0 Å². The fourth-order valence-corrected chi connectivity index (χ4v) is 5.82. The van der Waals surface area contributed by atoms with E-state index in [0.717, 1.165) is 30.8 Å². The van der Waals surface area contributed by atoms with Crippen LogP contribution in [0.25, 0.3) is 10.1 Å². The third kappa shape index (κ3) is 3.84. The first-order valence-electron chi connectivity index (χ1n) is 10.2. The molecule has 0 bridgehead atoms. The molecular formula is C23H30O2S. The summed E-state index contributed by atoms with van der Waals surface area (Å²) >= 11 is 1.91. The number of allylic oxidation sites excluding steroid dienone is 1. The van der Waals surface area contributed by atoms with Crippen LogP contribution < -0.4 is 4.74 Å². The normalized spacial score (nSPS) is 29.6. The Morgan fingerprint density at radius 1 is 1.15 bits per heavy atom. The van der Waals surface area contributed by atoms with Gasteiger partial charge in [-0.15, -0.1) is 17.9 Å². The van der Waals surface area contributed by atoms with Gasteiger partial charge in [-0.25, -0.2) is 0 Å². The van der Waals surface area contributed by atoms with E-state index in [1.54, 1.807) is 0 Å². The highest BCUT2D eigenvalue weighted by Crippen LogP contribution is 2.41. The predicted octanol–water partition coefficient (Wildman–Crippen LogP) is 6.56. The Bertz CT molecular complexity index is 734. The second-order valence-electron chi connectivity index (χ2n) is 7.84. The fourth-order valence-electron chi connectivity index (χ4n) is 4.61. The molecule has 2 fully saturated rings. The Balaban J connectivity index is 1.37. The van der Waals surface area contributed by atoms with Crippen molar-refractivity contribution >= 4 is 21.4 Å². The lowest BCUT2D eigenvalue weighted by Gasteiger charge is -2.37. The second kappa shape index (κ2) is 8.14. The molecular weight excluding hydrogens is 340 g/mol. The van der Waals surface area contributed by atoms with Gasteiger partial charge in [0.15, 0.2) is 0 Å². The van der Waals surface area contributed by atoms with Gasteiger partial charge in [-0.2, -0.15) is 0 Å². The predicted molar refractivity (Wildman–Crippen MR) is 110 cm³/mol.